The highest BCUT2D eigenvalue weighted by Crippen LogP contribution is 2.18. The van der Waals surface area contributed by atoms with Gasteiger partial charge < -0.3 is 10.0 Å². The molecular formula is C14H17N3O2. The minimum atomic E-state index is -0.0191. The van der Waals surface area contributed by atoms with Crippen LogP contribution in [-0.2, 0) is 11.3 Å². The maximum atomic E-state index is 12.3. The number of likely N-dealkylation sites (tertiary alicyclic amines) is 1. The molecule has 0 spiro atoms. The first-order valence-corrected chi connectivity index (χ1v) is 6.60. The molecule has 0 bridgehead atoms. The summed E-state index contributed by atoms with van der Waals surface area (Å²) in [7, 11) is 0. The fourth-order valence-corrected chi connectivity index (χ4v) is 2.72. The van der Waals surface area contributed by atoms with Crippen molar-refractivity contribution >= 4 is 16.8 Å². The smallest absolute Gasteiger partial charge is 0.244 e. The molecule has 1 unspecified atom stereocenters. The number of benzene rings is 1. The van der Waals surface area contributed by atoms with Gasteiger partial charge in [-0.3, -0.25) is 9.48 Å². The van der Waals surface area contributed by atoms with Crippen molar-refractivity contribution in [2.24, 2.45) is 0 Å². The number of hydrogen-bond acceptors (Lipinski definition) is 3. The first-order valence-electron chi connectivity index (χ1n) is 6.60. The molecule has 0 aliphatic carbocycles. The van der Waals surface area contributed by atoms with Gasteiger partial charge in [-0.15, -0.1) is 0 Å². The number of fused-ring (bicyclic) bond motifs is 1. The molecular weight excluding hydrogens is 242 g/mol. The lowest BCUT2D eigenvalue weighted by Crippen LogP contribution is -2.39. The molecule has 1 saturated heterocycles. The Bertz CT molecular complexity index is 593. The number of aromatic nitrogens is 2. The molecule has 1 aromatic heterocycles. The van der Waals surface area contributed by atoms with Crippen molar-refractivity contribution in [1.29, 1.82) is 0 Å². The largest absolute Gasteiger partial charge is 0.394 e. The van der Waals surface area contributed by atoms with E-state index in [-0.39, 0.29) is 25.1 Å². The Kier molecular flexibility index (Phi) is 3.21. The molecule has 0 saturated carbocycles. The minimum absolute atomic E-state index is 0.0191. The summed E-state index contributed by atoms with van der Waals surface area (Å²) in [5, 5.41) is 14.6. The van der Waals surface area contributed by atoms with Crippen LogP contribution in [-0.4, -0.2) is 44.9 Å². The average molecular weight is 259 g/mol. The molecule has 1 atom stereocenters. The third-order valence-electron chi connectivity index (χ3n) is 3.74. The average Bonchev–Trinajstić information content (AvgIpc) is 3.05. The summed E-state index contributed by atoms with van der Waals surface area (Å²) < 4.78 is 1.73. The number of nitrogens with zero attached hydrogens (tertiary/aromatic N) is 3. The molecule has 1 aliphatic heterocycles. The normalized spacial score (nSPS) is 19.2. The van der Waals surface area contributed by atoms with E-state index < -0.39 is 0 Å². The van der Waals surface area contributed by atoms with E-state index in [1.54, 1.807) is 15.8 Å². The number of carbonyl (C=O) groups is 1. The zero-order chi connectivity index (χ0) is 13.2. The zero-order valence-electron chi connectivity index (χ0n) is 10.7. The van der Waals surface area contributed by atoms with Crippen LogP contribution in [0.5, 0.6) is 0 Å². The Morgan fingerprint density at radius 1 is 1.42 bits per heavy atom. The summed E-state index contributed by atoms with van der Waals surface area (Å²) in [5.41, 5.74) is 0.968. The summed E-state index contributed by atoms with van der Waals surface area (Å²) in [6.45, 7) is 1.03. The summed E-state index contributed by atoms with van der Waals surface area (Å²) >= 11 is 0. The number of hydrogen-bond donors (Lipinski definition) is 1. The van der Waals surface area contributed by atoms with Crippen molar-refractivity contribution in [2.75, 3.05) is 13.2 Å². The molecule has 1 aromatic carbocycles. The first-order chi connectivity index (χ1) is 9.29. The van der Waals surface area contributed by atoms with Crippen LogP contribution in [0, 0.1) is 0 Å². The molecule has 1 N–H and O–H groups in total. The maximum Gasteiger partial charge on any atom is 0.244 e. The van der Waals surface area contributed by atoms with Gasteiger partial charge in [-0.05, 0) is 18.9 Å². The summed E-state index contributed by atoms with van der Waals surface area (Å²) in [5.74, 6) is 0.0328. The number of aliphatic hydroxyl groups is 1. The van der Waals surface area contributed by atoms with Gasteiger partial charge in [0.15, 0.2) is 0 Å². The molecule has 0 radical (unpaired) electrons. The molecule has 1 aliphatic rings. The van der Waals surface area contributed by atoms with Crippen LogP contribution in [0.15, 0.2) is 30.5 Å². The molecule has 2 heterocycles. The third-order valence-corrected chi connectivity index (χ3v) is 3.74. The van der Waals surface area contributed by atoms with E-state index in [2.05, 4.69) is 5.10 Å². The van der Waals surface area contributed by atoms with Gasteiger partial charge in [-0.25, -0.2) is 0 Å². The second-order valence-corrected chi connectivity index (χ2v) is 4.93. The number of aliphatic hydroxyl groups excluding tert-OH is 1. The second kappa shape index (κ2) is 5.01. The molecule has 2 aromatic rings. The van der Waals surface area contributed by atoms with Gasteiger partial charge in [0.25, 0.3) is 0 Å². The molecule has 1 amide bonds. The van der Waals surface area contributed by atoms with Crippen LogP contribution >= 0.6 is 0 Å². The van der Waals surface area contributed by atoms with Crippen LogP contribution in [0.4, 0.5) is 0 Å². The fourth-order valence-electron chi connectivity index (χ4n) is 2.72. The van der Waals surface area contributed by atoms with Gasteiger partial charge in [0.1, 0.15) is 6.54 Å². The van der Waals surface area contributed by atoms with Crippen molar-refractivity contribution in [3.63, 3.8) is 0 Å². The maximum absolute atomic E-state index is 12.3. The minimum Gasteiger partial charge on any atom is -0.394 e. The van der Waals surface area contributed by atoms with Crippen LogP contribution < -0.4 is 0 Å². The molecule has 5 heteroatoms. The van der Waals surface area contributed by atoms with E-state index in [0.717, 1.165) is 30.3 Å². The lowest BCUT2D eigenvalue weighted by atomic mass is 10.2. The Morgan fingerprint density at radius 2 is 2.26 bits per heavy atom. The topological polar surface area (TPSA) is 58.4 Å². The molecule has 100 valence electrons. The van der Waals surface area contributed by atoms with E-state index in [0.29, 0.717) is 0 Å². The predicted molar refractivity (Wildman–Crippen MR) is 71.6 cm³/mol. The number of rotatable bonds is 3. The third kappa shape index (κ3) is 2.21. The van der Waals surface area contributed by atoms with E-state index >= 15 is 0 Å². The highest BCUT2D eigenvalue weighted by atomic mass is 16.3. The number of amides is 1. The highest BCUT2D eigenvalue weighted by Gasteiger charge is 2.28. The van der Waals surface area contributed by atoms with E-state index in [1.807, 2.05) is 24.3 Å². The Balaban J connectivity index is 1.79. The van der Waals surface area contributed by atoms with Crippen LogP contribution in [0.2, 0.25) is 0 Å². The molecule has 5 nitrogen and oxygen atoms in total. The lowest BCUT2D eigenvalue weighted by molar-refractivity contribution is -0.133. The van der Waals surface area contributed by atoms with Gasteiger partial charge in [-0.2, -0.15) is 5.10 Å². The Morgan fingerprint density at radius 3 is 3.11 bits per heavy atom. The van der Waals surface area contributed by atoms with Crippen molar-refractivity contribution in [3.8, 4) is 0 Å². The fraction of sp³-hybridized carbons (Fsp3) is 0.429. The summed E-state index contributed by atoms with van der Waals surface area (Å²) in [6.07, 6.45) is 3.63. The number of para-hydroxylation sites is 1. The number of carbonyl (C=O) groups excluding carboxylic acids is 1. The highest BCUT2D eigenvalue weighted by molar-refractivity contribution is 5.82. The van der Waals surface area contributed by atoms with Gasteiger partial charge in [-0.1, -0.05) is 18.2 Å². The van der Waals surface area contributed by atoms with Gasteiger partial charge in [0.05, 0.1) is 24.4 Å². The summed E-state index contributed by atoms with van der Waals surface area (Å²) in [4.78, 5) is 14.1. The van der Waals surface area contributed by atoms with E-state index in [9.17, 15) is 9.90 Å². The van der Waals surface area contributed by atoms with Gasteiger partial charge in [0, 0.05) is 11.9 Å². The van der Waals surface area contributed by atoms with Crippen LogP contribution in [0.25, 0.3) is 10.9 Å². The van der Waals surface area contributed by atoms with Crippen LogP contribution in [0.1, 0.15) is 12.8 Å². The Labute approximate surface area is 111 Å². The summed E-state index contributed by atoms with van der Waals surface area (Å²) in [6, 6.07) is 7.82. The zero-order valence-corrected chi connectivity index (χ0v) is 10.7. The van der Waals surface area contributed by atoms with Crippen molar-refractivity contribution in [1.82, 2.24) is 14.7 Å². The Hall–Kier alpha value is -1.88. The quantitative estimate of drug-likeness (QED) is 0.895. The van der Waals surface area contributed by atoms with Crippen molar-refractivity contribution in [3.05, 3.63) is 30.5 Å². The lowest BCUT2D eigenvalue weighted by Gasteiger charge is -2.23. The predicted octanol–water partition coefficient (Wildman–Crippen LogP) is 1.02. The first kappa shape index (κ1) is 12.2. The standard InChI is InChI=1S/C14H17N3O2/c18-10-12-5-3-7-16(12)14(19)9-17-13-6-2-1-4-11(13)8-15-17/h1-2,4,6,8,12,18H,3,5,7,9-10H2. The van der Waals surface area contributed by atoms with E-state index in [4.69, 9.17) is 0 Å². The van der Waals surface area contributed by atoms with Crippen molar-refractivity contribution < 1.29 is 9.90 Å². The monoisotopic (exact) mass is 259 g/mol. The van der Waals surface area contributed by atoms with E-state index in [1.165, 1.54) is 0 Å². The van der Waals surface area contributed by atoms with Gasteiger partial charge in [0.2, 0.25) is 5.91 Å². The second-order valence-electron chi connectivity index (χ2n) is 4.93. The SMILES string of the molecule is O=C(Cn1ncc2ccccc21)N1CCCC1CO. The molecule has 19 heavy (non-hydrogen) atoms. The molecule has 1 fully saturated rings. The van der Waals surface area contributed by atoms with Crippen molar-refractivity contribution in [2.45, 2.75) is 25.4 Å². The van der Waals surface area contributed by atoms with Crippen LogP contribution in [0.3, 0.4) is 0 Å². The molecule has 3 rings (SSSR count). The van der Waals surface area contributed by atoms with Gasteiger partial charge >= 0.3 is 0 Å².